The Morgan fingerprint density at radius 3 is 2.29 bits per heavy atom. The van der Waals surface area contributed by atoms with Gasteiger partial charge < -0.3 is 9.84 Å². The number of hydrazine groups is 1. The molecule has 2 saturated heterocycles. The van der Waals surface area contributed by atoms with Crippen molar-refractivity contribution in [1.29, 1.82) is 0 Å². The van der Waals surface area contributed by atoms with Gasteiger partial charge in [-0.3, -0.25) is 24.6 Å². The van der Waals surface area contributed by atoms with Gasteiger partial charge in [0.2, 0.25) is 11.8 Å². The van der Waals surface area contributed by atoms with Crippen molar-refractivity contribution < 1.29 is 33.4 Å². The van der Waals surface area contributed by atoms with Gasteiger partial charge in [-0.2, -0.15) is 5.01 Å². The Balaban J connectivity index is 1.32. The topological polar surface area (TPSA) is 116 Å². The van der Waals surface area contributed by atoms with Crippen molar-refractivity contribution in [3.63, 3.8) is 0 Å². The number of phenolic OH excluding ortho intramolecular Hbond substituents is 1. The molecule has 12 heteroatoms. The first kappa shape index (κ1) is 33.9. The second kappa shape index (κ2) is 12.5. The number of carbonyl (C=O) groups excluding carboxylic acids is 4. The molecule has 264 valence electrons. The van der Waals surface area contributed by atoms with Crippen LogP contribution in [-0.4, -0.2) is 40.9 Å². The molecule has 0 bridgehead atoms. The largest absolute Gasteiger partial charge is 0.504 e. The van der Waals surface area contributed by atoms with Crippen molar-refractivity contribution >= 4 is 58.2 Å². The zero-order chi connectivity index (χ0) is 36.6. The molecule has 4 aromatic carbocycles. The summed E-state index contributed by atoms with van der Waals surface area (Å²) in [4.78, 5) is 59.7. The number of benzene rings is 4. The van der Waals surface area contributed by atoms with E-state index in [2.05, 4.69) is 5.43 Å². The quantitative estimate of drug-likeness (QED) is 0.157. The average molecular weight is 741 g/mol. The van der Waals surface area contributed by atoms with Gasteiger partial charge in [-0.1, -0.05) is 59.1 Å². The molecule has 2 N–H and O–H groups in total. The Morgan fingerprint density at radius 2 is 1.62 bits per heavy atom. The number of fused-ring (bicyclic) bond motifs is 4. The number of nitrogens with one attached hydrogen (secondary N) is 1. The minimum Gasteiger partial charge on any atom is -0.504 e. The molecule has 0 radical (unpaired) electrons. The van der Waals surface area contributed by atoms with Crippen LogP contribution in [0.3, 0.4) is 0 Å². The monoisotopic (exact) mass is 739 g/mol. The van der Waals surface area contributed by atoms with E-state index in [1.807, 2.05) is 13.0 Å². The van der Waals surface area contributed by atoms with Crippen LogP contribution < -0.4 is 15.1 Å². The number of nitrogens with zero attached hydrogens (tertiary/aromatic N) is 2. The van der Waals surface area contributed by atoms with Crippen LogP contribution in [0.2, 0.25) is 10.0 Å². The third-order valence-corrected chi connectivity index (χ3v) is 11.9. The van der Waals surface area contributed by atoms with Gasteiger partial charge in [0.15, 0.2) is 11.5 Å². The van der Waals surface area contributed by atoms with E-state index in [0.29, 0.717) is 38.1 Å². The van der Waals surface area contributed by atoms with Crippen LogP contribution in [-0.2, 0) is 24.6 Å². The number of aryl methyl sites for hydroxylation is 1. The van der Waals surface area contributed by atoms with E-state index in [1.54, 1.807) is 54.6 Å². The SMILES string of the molecule is COc1ccc(C2C3=CCC4C(=O)N(c5ccc(C)c(Cl)c5)C(=O)C4C3CC3C(=O)N(Nc4ccc(F)cc4)C(=O)C32c2ccc(Cl)cc2)cc1O. The molecule has 4 aromatic rings. The number of imide groups is 2. The van der Waals surface area contributed by atoms with Gasteiger partial charge in [-0.15, -0.1) is 0 Å². The number of carbonyl (C=O) groups is 4. The first-order chi connectivity index (χ1) is 24.9. The minimum absolute atomic E-state index is 0.0714. The molecule has 2 aliphatic carbocycles. The standard InChI is InChI=1S/C40H32Cl2FN3O6/c1-20-3-13-26(18-31(20)42)45-36(48)28-15-14-27-29(34(28)38(45)50)19-30-37(49)46(44-25-11-9-24(43)10-12-25)39(51)40(30,22-5-7-23(41)8-6-22)35(27)21-4-16-33(52-2)32(47)17-21/h3-14,16-18,28-30,34-35,44,47H,15,19H2,1-2H3. The van der Waals surface area contributed by atoms with Crippen LogP contribution in [0.4, 0.5) is 15.8 Å². The van der Waals surface area contributed by atoms with Crippen molar-refractivity contribution in [3.05, 3.63) is 129 Å². The lowest BCUT2D eigenvalue weighted by Crippen LogP contribution is -2.53. The highest BCUT2D eigenvalue weighted by Crippen LogP contribution is 2.64. The smallest absolute Gasteiger partial charge is 0.260 e. The molecule has 6 unspecified atom stereocenters. The van der Waals surface area contributed by atoms with Crippen molar-refractivity contribution in [3.8, 4) is 11.5 Å². The van der Waals surface area contributed by atoms with Gasteiger partial charge in [-0.25, -0.2) is 9.29 Å². The lowest BCUT2D eigenvalue weighted by atomic mass is 9.49. The molecule has 4 aliphatic rings. The number of amides is 4. The average Bonchev–Trinajstić information content (AvgIpc) is 3.51. The van der Waals surface area contributed by atoms with E-state index in [1.165, 1.54) is 42.3 Å². The first-order valence-electron chi connectivity index (χ1n) is 16.8. The molecule has 0 spiro atoms. The fraction of sp³-hybridized carbons (Fsp3) is 0.250. The van der Waals surface area contributed by atoms with Crippen molar-refractivity contribution in [2.45, 2.75) is 31.1 Å². The van der Waals surface area contributed by atoms with Crippen LogP contribution in [0.5, 0.6) is 11.5 Å². The number of anilines is 2. The summed E-state index contributed by atoms with van der Waals surface area (Å²) in [5.74, 6) is -6.38. The zero-order valence-electron chi connectivity index (χ0n) is 28.0. The van der Waals surface area contributed by atoms with Crippen LogP contribution in [0.25, 0.3) is 0 Å². The Labute approximate surface area is 308 Å². The van der Waals surface area contributed by atoms with Crippen molar-refractivity contribution in [2.24, 2.45) is 23.7 Å². The number of allylic oxidation sites excluding steroid dienone is 2. The second-order valence-corrected chi connectivity index (χ2v) is 14.6. The minimum atomic E-state index is -1.58. The van der Waals surface area contributed by atoms with Gasteiger partial charge >= 0.3 is 0 Å². The van der Waals surface area contributed by atoms with Crippen LogP contribution in [0.15, 0.2) is 96.6 Å². The number of aromatic hydroxyl groups is 1. The molecular formula is C40H32Cl2FN3O6. The van der Waals surface area contributed by atoms with Gasteiger partial charge in [0.25, 0.3) is 11.8 Å². The van der Waals surface area contributed by atoms with Crippen molar-refractivity contribution in [2.75, 3.05) is 17.4 Å². The summed E-state index contributed by atoms with van der Waals surface area (Å²) in [6.45, 7) is 1.83. The maximum absolute atomic E-state index is 15.2. The van der Waals surface area contributed by atoms with E-state index in [4.69, 9.17) is 27.9 Å². The lowest BCUT2D eigenvalue weighted by molar-refractivity contribution is -0.138. The summed E-state index contributed by atoms with van der Waals surface area (Å²) < 4.78 is 19.2. The van der Waals surface area contributed by atoms with Crippen LogP contribution >= 0.6 is 23.2 Å². The predicted octanol–water partition coefficient (Wildman–Crippen LogP) is 7.34. The molecule has 2 heterocycles. The lowest BCUT2D eigenvalue weighted by Gasteiger charge is -2.50. The zero-order valence-corrected chi connectivity index (χ0v) is 29.5. The summed E-state index contributed by atoms with van der Waals surface area (Å²) >= 11 is 12.8. The van der Waals surface area contributed by atoms with E-state index >= 15 is 4.79 Å². The number of methoxy groups -OCH3 is 1. The Morgan fingerprint density at radius 1 is 0.885 bits per heavy atom. The fourth-order valence-electron chi connectivity index (χ4n) is 8.89. The molecule has 6 atom stereocenters. The summed E-state index contributed by atoms with van der Waals surface area (Å²) in [7, 11) is 1.42. The van der Waals surface area contributed by atoms with E-state index in [9.17, 15) is 23.9 Å². The second-order valence-electron chi connectivity index (χ2n) is 13.7. The first-order valence-corrected chi connectivity index (χ1v) is 17.6. The number of hydrogen-bond donors (Lipinski definition) is 2. The number of halogens is 3. The number of rotatable bonds is 6. The molecular weight excluding hydrogens is 708 g/mol. The highest BCUT2D eigenvalue weighted by atomic mass is 35.5. The molecule has 52 heavy (non-hydrogen) atoms. The summed E-state index contributed by atoms with van der Waals surface area (Å²) in [6.07, 6.45) is 2.22. The van der Waals surface area contributed by atoms with E-state index in [-0.39, 0.29) is 30.2 Å². The van der Waals surface area contributed by atoms with Gasteiger partial charge in [0.1, 0.15) is 5.82 Å². The normalized spacial score (nSPS) is 26.6. The van der Waals surface area contributed by atoms with Gasteiger partial charge in [-0.05, 0) is 103 Å². The molecule has 2 aliphatic heterocycles. The predicted molar refractivity (Wildman–Crippen MR) is 192 cm³/mol. The summed E-state index contributed by atoms with van der Waals surface area (Å²) in [6, 6.07) is 21.9. The third-order valence-electron chi connectivity index (χ3n) is 11.2. The highest BCUT2D eigenvalue weighted by molar-refractivity contribution is 6.32. The molecule has 1 saturated carbocycles. The molecule has 8 rings (SSSR count). The Kier molecular flexibility index (Phi) is 8.15. The van der Waals surface area contributed by atoms with Gasteiger partial charge in [0.05, 0.1) is 41.7 Å². The van der Waals surface area contributed by atoms with Crippen LogP contribution in [0.1, 0.15) is 35.4 Å². The molecule has 3 fully saturated rings. The third kappa shape index (κ3) is 4.95. The number of ether oxygens (including phenoxy) is 1. The maximum Gasteiger partial charge on any atom is 0.260 e. The Hall–Kier alpha value is -5.19. The molecule has 0 aromatic heterocycles. The number of phenols is 1. The fourth-order valence-corrected chi connectivity index (χ4v) is 9.19. The van der Waals surface area contributed by atoms with E-state index in [0.717, 1.165) is 10.6 Å². The molecule has 9 nitrogen and oxygen atoms in total. The van der Waals surface area contributed by atoms with Crippen LogP contribution in [0, 0.1) is 36.4 Å². The maximum atomic E-state index is 15.2. The van der Waals surface area contributed by atoms with E-state index < -0.39 is 58.5 Å². The van der Waals surface area contributed by atoms with Crippen molar-refractivity contribution in [1.82, 2.24) is 5.01 Å². The molecule has 4 amide bonds. The Bertz CT molecular complexity index is 2210. The van der Waals surface area contributed by atoms with Gasteiger partial charge in [0, 0.05) is 16.0 Å². The summed E-state index contributed by atoms with van der Waals surface area (Å²) in [5.41, 5.74) is 4.55. The highest BCUT2D eigenvalue weighted by Gasteiger charge is 2.70. The number of hydrogen-bond acceptors (Lipinski definition) is 7. The summed E-state index contributed by atoms with van der Waals surface area (Å²) in [5, 5.41) is 12.9.